The minimum Gasteiger partial charge on any atom is -0.478 e. The highest BCUT2D eigenvalue weighted by Crippen LogP contribution is 2.29. The van der Waals surface area contributed by atoms with Crippen LogP contribution in [0.1, 0.15) is 18.1 Å². The fourth-order valence-corrected chi connectivity index (χ4v) is 2.25. The molecule has 0 amide bonds. The second-order valence-electron chi connectivity index (χ2n) is 4.33. The van der Waals surface area contributed by atoms with Gasteiger partial charge in [0.05, 0.1) is 5.57 Å². The molecule has 2 rings (SSSR count). The highest BCUT2D eigenvalue weighted by Gasteiger charge is 2.14. The summed E-state index contributed by atoms with van der Waals surface area (Å²) in [5, 5.41) is 9.12. The maximum atomic E-state index is 11.1. The first-order valence-corrected chi connectivity index (χ1v) is 6.25. The Morgan fingerprint density at radius 2 is 1.79 bits per heavy atom. The summed E-state index contributed by atoms with van der Waals surface area (Å²) in [6.07, 6.45) is 0.771. The summed E-state index contributed by atoms with van der Waals surface area (Å²) in [4.78, 5) is 11.1. The Morgan fingerprint density at radius 1 is 1.11 bits per heavy atom. The molecule has 0 radical (unpaired) electrons. The SMILES string of the molecule is C=C(C(=O)O)c1cccc(-c2ccccc2)c1CC. The fraction of sp³-hybridized carbons (Fsp3) is 0.118. The molecule has 0 spiro atoms. The van der Waals surface area contributed by atoms with Crippen molar-refractivity contribution in [1.29, 1.82) is 0 Å². The first kappa shape index (κ1) is 13.1. The highest BCUT2D eigenvalue weighted by molar-refractivity contribution is 6.15. The molecule has 19 heavy (non-hydrogen) atoms. The number of aliphatic carboxylic acids is 1. The summed E-state index contributed by atoms with van der Waals surface area (Å²) in [5.41, 5.74) is 4.06. The van der Waals surface area contributed by atoms with Crippen molar-refractivity contribution in [2.75, 3.05) is 0 Å². The lowest BCUT2D eigenvalue weighted by atomic mass is 9.91. The summed E-state index contributed by atoms with van der Waals surface area (Å²) >= 11 is 0. The van der Waals surface area contributed by atoms with Crippen molar-refractivity contribution in [2.45, 2.75) is 13.3 Å². The Bertz CT molecular complexity index is 612. The first-order valence-electron chi connectivity index (χ1n) is 6.25. The quantitative estimate of drug-likeness (QED) is 0.835. The Kier molecular flexibility index (Phi) is 3.81. The fourth-order valence-electron chi connectivity index (χ4n) is 2.25. The number of carboxylic acids is 1. The number of rotatable bonds is 4. The topological polar surface area (TPSA) is 37.3 Å². The van der Waals surface area contributed by atoms with E-state index in [0.29, 0.717) is 0 Å². The van der Waals surface area contributed by atoms with Crippen LogP contribution in [0.25, 0.3) is 16.7 Å². The van der Waals surface area contributed by atoms with E-state index in [1.807, 2.05) is 55.5 Å². The van der Waals surface area contributed by atoms with Gasteiger partial charge in [-0.05, 0) is 28.7 Å². The van der Waals surface area contributed by atoms with Crippen LogP contribution in [-0.2, 0) is 11.2 Å². The van der Waals surface area contributed by atoms with Gasteiger partial charge in [0.25, 0.3) is 0 Å². The lowest BCUT2D eigenvalue weighted by molar-refractivity contribution is -0.130. The third kappa shape index (κ3) is 2.58. The Morgan fingerprint density at radius 3 is 2.37 bits per heavy atom. The minimum absolute atomic E-state index is 0.148. The largest absolute Gasteiger partial charge is 0.478 e. The summed E-state index contributed by atoms with van der Waals surface area (Å²) < 4.78 is 0. The average Bonchev–Trinajstić information content (AvgIpc) is 2.46. The van der Waals surface area contributed by atoms with Crippen LogP contribution < -0.4 is 0 Å². The number of benzene rings is 2. The van der Waals surface area contributed by atoms with E-state index in [-0.39, 0.29) is 5.57 Å². The van der Waals surface area contributed by atoms with E-state index in [1.165, 1.54) is 0 Å². The zero-order valence-electron chi connectivity index (χ0n) is 10.9. The van der Waals surface area contributed by atoms with Crippen LogP contribution in [0, 0.1) is 0 Å². The van der Waals surface area contributed by atoms with Crippen LogP contribution in [0.3, 0.4) is 0 Å². The molecule has 0 unspecified atom stereocenters. The normalized spacial score (nSPS) is 10.2. The predicted molar refractivity (Wildman–Crippen MR) is 77.9 cm³/mol. The Hall–Kier alpha value is -2.35. The minimum atomic E-state index is -0.972. The third-order valence-electron chi connectivity index (χ3n) is 3.20. The molecule has 0 bridgehead atoms. The summed E-state index contributed by atoms with van der Waals surface area (Å²) in [7, 11) is 0. The monoisotopic (exact) mass is 252 g/mol. The molecule has 0 aliphatic heterocycles. The van der Waals surface area contributed by atoms with E-state index < -0.39 is 5.97 Å². The molecule has 0 saturated heterocycles. The van der Waals surface area contributed by atoms with Crippen molar-refractivity contribution in [3.8, 4) is 11.1 Å². The van der Waals surface area contributed by atoms with Crippen molar-refractivity contribution in [1.82, 2.24) is 0 Å². The predicted octanol–water partition coefficient (Wildman–Crippen LogP) is 4.01. The Balaban J connectivity index is 2.61. The smallest absolute Gasteiger partial charge is 0.335 e. The standard InChI is InChI=1S/C17H16O2/c1-3-14-15(12(2)17(18)19)10-7-11-16(14)13-8-5-4-6-9-13/h4-11H,2-3H2,1H3,(H,18,19). The molecule has 2 nitrogen and oxygen atoms in total. The zero-order chi connectivity index (χ0) is 13.8. The first-order chi connectivity index (χ1) is 9.15. The molecule has 0 saturated carbocycles. The Labute approximate surface area is 113 Å². The lowest BCUT2D eigenvalue weighted by Gasteiger charge is -2.13. The second kappa shape index (κ2) is 5.53. The molecule has 0 aromatic heterocycles. The number of carbonyl (C=O) groups is 1. The zero-order valence-corrected chi connectivity index (χ0v) is 10.9. The van der Waals surface area contributed by atoms with Crippen molar-refractivity contribution >= 4 is 11.5 Å². The van der Waals surface area contributed by atoms with Crippen LogP contribution in [0.15, 0.2) is 55.1 Å². The van der Waals surface area contributed by atoms with Gasteiger partial charge in [-0.15, -0.1) is 0 Å². The van der Waals surface area contributed by atoms with Gasteiger partial charge in [0.15, 0.2) is 0 Å². The van der Waals surface area contributed by atoms with Crippen LogP contribution >= 0.6 is 0 Å². The molecule has 0 atom stereocenters. The van der Waals surface area contributed by atoms with Gasteiger partial charge in [0.1, 0.15) is 0 Å². The maximum absolute atomic E-state index is 11.1. The van der Waals surface area contributed by atoms with E-state index in [9.17, 15) is 4.79 Å². The number of hydrogen-bond acceptors (Lipinski definition) is 1. The van der Waals surface area contributed by atoms with Crippen molar-refractivity contribution in [2.24, 2.45) is 0 Å². The van der Waals surface area contributed by atoms with Gasteiger partial charge in [-0.25, -0.2) is 4.79 Å². The van der Waals surface area contributed by atoms with Gasteiger partial charge in [-0.1, -0.05) is 62.0 Å². The molecule has 0 heterocycles. The average molecular weight is 252 g/mol. The summed E-state index contributed by atoms with van der Waals surface area (Å²) in [5.74, 6) is -0.972. The van der Waals surface area contributed by atoms with Crippen molar-refractivity contribution < 1.29 is 9.90 Å². The van der Waals surface area contributed by atoms with Crippen LogP contribution in [0.2, 0.25) is 0 Å². The molecule has 0 aliphatic rings. The van der Waals surface area contributed by atoms with Gasteiger partial charge in [-0.3, -0.25) is 0 Å². The van der Waals surface area contributed by atoms with E-state index in [4.69, 9.17) is 5.11 Å². The number of carboxylic acid groups (broad SMARTS) is 1. The molecule has 2 aromatic carbocycles. The highest BCUT2D eigenvalue weighted by atomic mass is 16.4. The van der Waals surface area contributed by atoms with Gasteiger partial charge in [0.2, 0.25) is 0 Å². The van der Waals surface area contributed by atoms with E-state index in [1.54, 1.807) is 0 Å². The molecule has 0 aliphatic carbocycles. The lowest BCUT2D eigenvalue weighted by Crippen LogP contribution is -2.02. The van der Waals surface area contributed by atoms with Crippen molar-refractivity contribution in [3.63, 3.8) is 0 Å². The molecular weight excluding hydrogens is 236 g/mol. The molecule has 2 heteroatoms. The van der Waals surface area contributed by atoms with E-state index in [0.717, 1.165) is 28.7 Å². The van der Waals surface area contributed by atoms with Crippen LogP contribution in [0.5, 0.6) is 0 Å². The van der Waals surface area contributed by atoms with Crippen LogP contribution in [0.4, 0.5) is 0 Å². The molecule has 1 N–H and O–H groups in total. The summed E-state index contributed by atoms with van der Waals surface area (Å²) in [6.45, 7) is 5.70. The van der Waals surface area contributed by atoms with Gasteiger partial charge in [0, 0.05) is 0 Å². The van der Waals surface area contributed by atoms with Crippen molar-refractivity contribution in [3.05, 3.63) is 66.2 Å². The van der Waals surface area contributed by atoms with Crippen LogP contribution in [-0.4, -0.2) is 11.1 Å². The molecular formula is C17H16O2. The molecule has 96 valence electrons. The number of hydrogen-bond donors (Lipinski definition) is 1. The van der Waals surface area contributed by atoms with E-state index >= 15 is 0 Å². The molecule has 2 aromatic rings. The summed E-state index contributed by atoms with van der Waals surface area (Å²) in [6, 6.07) is 15.7. The maximum Gasteiger partial charge on any atom is 0.335 e. The van der Waals surface area contributed by atoms with Gasteiger partial charge >= 0.3 is 5.97 Å². The van der Waals surface area contributed by atoms with E-state index in [2.05, 4.69) is 6.58 Å². The second-order valence-corrected chi connectivity index (χ2v) is 4.33. The van der Waals surface area contributed by atoms with Gasteiger partial charge in [-0.2, -0.15) is 0 Å². The molecule has 0 fully saturated rings. The third-order valence-corrected chi connectivity index (χ3v) is 3.20. The van der Waals surface area contributed by atoms with Gasteiger partial charge < -0.3 is 5.11 Å².